The first-order valence-electron chi connectivity index (χ1n) is 10.3. The molecule has 1 N–H and O–H groups in total. The van der Waals surface area contributed by atoms with Gasteiger partial charge in [0.15, 0.2) is 11.5 Å². The van der Waals surface area contributed by atoms with Crippen molar-refractivity contribution < 1.29 is 4.39 Å². The zero-order valence-corrected chi connectivity index (χ0v) is 20.6. The number of nitrogens with zero attached hydrogens (tertiary/aromatic N) is 6. The van der Waals surface area contributed by atoms with Crippen LogP contribution in [0.15, 0.2) is 47.8 Å². The smallest absolute Gasteiger partial charge is 0.261 e. The summed E-state index contributed by atoms with van der Waals surface area (Å²) in [6.07, 6.45) is 3.32. The molecule has 5 aromatic rings. The molecule has 8 nitrogen and oxygen atoms in total. The van der Waals surface area contributed by atoms with Gasteiger partial charge >= 0.3 is 0 Å². The van der Waals surface area contributed by atoms with E-state index in [1.807, 2.05) is 24.3 Å². The first kappa shape index (κ1) is 21.6. The number of nitrogens with one attached hydrogen (secondary N) is 1. The number of aromatic nitrogens is 6. The molecule has 10 heteroatoms. The standard InChI is InChI=1S/C23H21FIN7O/c1-12-7-15(19-17(8-12)23(33)31(4)22-20(25)26-11-32(19)22)13(2)28-18-6-5-14(24)9-16(18)21-27-10-30(3)29-21/h5-11,13,28H,1-4H3. The van der Waals surface area contributed by atoms with Crippen molar-refractivity contribution in [2.75, 3.05) is 5.32 Å². The molecule has 0 aliphatic heterocycles. The molecule has 0 radical (unpaired) electrons. The van der Waals surface area contributed by atoms with E-state index in [1.54, 1.807) is 42.1 Å². The van der Waals surface area contributed by atoms with Crippen molar-refractivity contribution in [3.05, 3.63) is 74.0 Å². The molecule has 0 saturated heterocycles. The third-order valence-corrected chi connectivity index (χ3v) is 6.50. The van der Waals surface area contributed by atoms with Gasteiger partial charge in [-0.1, -0.05) is 6.07 Å². The van der Waals surface area contributed by atoms with Gasteiger partial charge in [0.25, 0.3) is 5.56 Å². The number of benzene rings is 2. The highest BCUT2D eigenvalue weighted by Gasteiger charge is 2.20. The second kappa shape index (κ2) is 7.94. The predicted octanol–water partition coefficient (Wildman–Crippen LogP) is 4.21. The third kappa shape index (κ3) is 3.58. The Morgan fingerprint density at radius 2 is 1.91 bits per heavy atom. The molecule has 0 saturated carbocycles. The van der Waals surface area contributed by atoms with E-state index in [1.165, 1.54) is 12.1 Å². The van der Waals surface area contributed by atoms with Gasteiger partial charge < -0.3 is 5.32 Å². The predicted molar refractivity (Wildman–Crippen MR) is 134 cm³/mol. The van der Waals surface area contributed by atoms with E-state index in [2.05, 4.69) is 49.0 Å². The van der Waals surface area contributed by atoms with E-state index in [0.29, 0.717) is 22.5 Å². The van der Waals surface area contributed by atoms with Crippen LogP contribution in [-0.4, -0.2) is 28.7 Å². The van der Waals surface area contributed by atoms with Crippen LogP contribution in [0.3, 0.4) is 0 Å². The molecule has 3 heterocycles. The van der Waals surface area contributed by atoms with Crippen LogP contribution in [0, 0.1) is 16.4 Å². The maximum atomic E-state index is 14.1. The highest BCUT2D eigenvalue weighted by Crippen LogP contribution is 2.32. The number of fused-ring (bicyclic) bond motifs is 3. The van der Waals surface area contributed by atoms with E-state index in [-0.39, 0.29) is 17.4 Å². The fourth-order valence-electron chi connectivity index (χ4n) is 4.23. The summed E-state index contributed by atoms with van der Waals surface area (Å²) in [5.41, 5.74) is 4.64. The summed E-state index contributed by atoms with van der Waals surface area (Å²) in [6, 6.07) is 8.27. The monoisotopic (exact) mass is 557 g/mol. The highest BCUT2D eigenvalue weighted by atomic mass is 127. The number of aryl methyl sites for hydroxylation is 3. The van der Waals surface area contributed by atoms with Crippen LogP contribution in [0.2, 0.25) is 0 Å². The van der Waals surface area contributed by atoms with E-state index >= 15 is 0 Å². The molecule has 1 atom stereocenters. The second-order valence-electron chi connectivity index (χ2n) is 8.14. The average molecular weight is 557 g/mol. The zero-order valence-electron chi connectivity index (χ0n) is 18.5. The van der Waals surface area contributed by atoms with Crippen molar-refractivity contribution in [2.24, 2.45) is 14.1 Å². The molecule has 1 unspecified atom stereocenters. The largest absolute Gasteiger partial charge is 0.378 e. The van der Waals surface area contributed by atoms with E-state index < -0.39 is 0 Å². The summed E-state index contributed by atoms with van der Waals surface area (Å²) in [7, 11) is 3.53. The lowest BCUT2D eigenvalue weighted by Gasteiger charge is -2.21. The van der Waals surface area contributed by atoms with Crippen molar-refractivity contribution in [2.45, 2.75) is 19.9 Å². The quantitative estimate of drug-likeness (QED) is 0.335. The molecule has 0 bridgehead atoms. The van der Waals surface area contributed by atoms with Crippen LogP contribution in [0.4, 0.5) is 10.1 Å². The van der Waals surface area contributed by atoms with Gasteiger partial charge in [0.05, 0.1) is 16.9 Å². The number of halogens is 2. The van der Waals surface area contributed by atoms with Crippen LogP contribution < -0.4 is 10.9 Å². The van der Waals surface area contributed by atoms with Crippen molar-refractivity contribution in [3.63, 3.8) is 0 Å². The Labute approximate surface area is 202 Å². The van der Waals surface area contributed by atoms with Crippen molar-refractivity contribution in [3.8, 4) is 11.4 Å². The molecule has 0 fully saturated rings. The Hall–Kier alpha value is -3.28. The molecule has 168 valence electrons. The Morgan fingerprint density at radius 1 is 1.12 bits per heavy atom. The summed E-state index contributed by atoms with van der Waals surface area (Å²) in [4.78, 5) is 21.9. The lowest BCUT2D eigenvalue weighted by molar-refractivity contribution is 0.628. The lowest BCUT2D eigenvalue weighted by atomic mass is 10.00. The minimum absolute atomic E-state index is 0.0757. The first-order chi connectivity index (χ1) is 15.7. The van der Waals surface area contributed by atoms with Gasteiger partial charge in [-0.3, -0.25) is 18.4 Å². The van der Waals surface area contributed by atoms with Crippen molar-refractivity contribution in [1.29, 1.82) is 0 Å². The summed E-state index contributed by atoms with van der Waals surface area (Å²) in [6.45, 7) is 3.98. The maximum absolute atomic E-state index is 14.1. The van der Waals surface area contributed by atoms with Gasteiger partial charge in [0, 0.05) is 25.3 Å². The van der Waals surface area contributed by atoms with Gasteiger partial charge in [-0.2, -0.15) is 5.10 Å². The maximum Gasteiger partial charge on any atom is 0.261 e. The van der Waals surface area contributed by atoms with Crippen LogP contribution >= 0.6 is 22.6 Å². The Bertz CT molecular complexity index is 1600. The average Bonchev–Trinajstić information content (AvgIpc) is 3.38. The minimum Gasteiger partial charge on any atom is -0.378 e. The summed E-state index contributed by atoms with van der Waals surface area (Å²) < 4.78 is 20.0. The minimum atomic E-state index is -0.366. The topological polar surface area (TPSA) is 82.0 Å². The zero-order chi connectivity index (χ0) is 23.4. The van der Waals surface area contributed by atoms with Crippen LogP contribution in [0.1, 0.15) is 24.1 Å². The third-order valence-electron chi connectivity index (χ3n) is 5.74. The lowest BCUT2D eigenvalue weighted by Crippen LogP contribution is -2.21. The number of hydrogen-bond donors (Lipinski definition) is 1. The number of anilines is 1. The number of hydrogen-bond acceptors (Lipinski definition) is 5. The molecule has 0 spiro atoms. The van der Waals surface area contributed by atoms with Gasteiger partial charge in [-0.25, -0.2) is 14.4 Å². The highest BCUT2D eigenvalue weighted by molar-refractivity contribution is 14.1. The summed E-state index contributed by atoms with van der Waals surface area (Å²) in [5, 5.41) is 8.44. The fraction of sp³-hybridized carbons (Fsp3) is 0.217. The molecule has 0 aliphatic rings. The van der Waals surface area contributed by atoms with Crippen molar-refractivity contribution >= 4 is 44.8 Å². The molecule has 33 heavy (non-hydrogen) atoms. The molecule has 3 aromatic heterocycles. The number of imidazole rings is 1. The van der Waals surface area contributed by atoms with Crippen LogP contribution in [0.5, 0.6) is 0 Å². The Kier molecular flexibility index (Phi) is 5.19. The normalized spacial score (nSPS) is 12.5. The SMILES string of the molecule is Cc1cc(C(C)Nc2ccc(F)cc2-c2ncn(C)n2)c2c(c1)c(=O)n(C)c1c(I)ncn21. The van der Waals surface area contributed by atoms with Gasteiger partial charge in [0.1, 0.15) is 22.2 Å². The van der Waals surface area contributed by atoms with E-state index in [4.69, 9.17) is 0 Å². The van der Waals surface area contributed by atoms with Gasteiger partial charge in [-0.05, 0) is 71.8 Å². The Morgan fingerprint density at radius 3 is 2.64 bits per heavy atom. The summed E-state index contributed by atoms with van der Waals surface area (Å²) in [5.74, 6) is 0.0658. The van der Waals surface area contributed by atoms with Gasteiger partial charge in [0.2, 0.25) is 0 Å². The van der Waals surface area contributed by atoms with Crippen molar-refractivity contribution in [1.82, 2.24) is 28.7 Å². The van der Waals surface area contributed by atoms with Crippen LogP contribution in [0.25, 0.3) is 27.9 Å². The molecule has 5 rings (SSSR count). The second-order valence-corrected chi connectivity index (χ2v) is 9.16. The van der Waals surface area contributed by atoms with Crippen LogP contribution in [-0.2, 0) is 14.1 Å². The van der Waals surface area contributed by atoms with Gasteiger partial charge in [-0.15, -0.1) is 0 Å². The Balaban J connectivity index is 1.69. The van der Waals surface area contributed by atoms with E-state index in [9.17, 15) is 9.18 Å². The molecule has 0 amide bonds. The molecular weight excluding hydrogens is 536 g/mol. The summed E-state index contributed by atoms with van der Waals surface area (Å²) >= 11 is 2.14. The van der Waals surface area contributed by atoms with E-state index in [0.717, 1.165) is 26.0 Å². The number of rotatable bonds is 4. The first-order valence-corrected chi connectivity index (χ1v) is 11.4. The fourth-order valence-corrected chi connectivity index (χ4v) is 4.98. The molecular formula is C23H21FIN7O. The molecule has 2 aromatic carbocycles. The molecule has 0 aliphatic carbocycles.